The highest BCUT2D eigenvalue weighted by Crippen LogP contribution is 2.29. The Hall–Kier alpha value is -3.15. The number of para-hydroxylation sites is 1. The molecule has 0 aliphatic heterocycles. The summed E-state index contributed by atoms with van der Waals surface area (Å²) in [6.45, 7) is -0.181. The molecule has 4 rings (SSSR count). The average Bonchev–Trinajstić information content (AvgIpc) is 3.42. The molecule has 1 aromatic heterocycles. The first kappa shape index (κ1) is 17.3. The highest BCUT2D eigenvalue weighted by Gasteiger charge is 2.33. The molecule has 0 bridgehead atoms. The third-order valence-electron chi connectivity index (χ3n) is 4.68. The van der Waals surface area contributed by atoms with Crippen molar-refractivity contribution < 1.29 is 18.7 Å². The number of rotatable bonds is 6. The van der Waals surface area contributed by atoms with Gasteiger partial charge < -0.3 is 14.6 Å². The van der Waals surface area contributed by atoms with Crippen LogP contribution in [0.5, 0.6) is 0 Å². The summed E-state index contributed by atoms with van der Waals surface area (Å²) in [5.74, 6) is -1.24. The number of benzene rings is 2. The molecule has 138 valence electrons. The van der Waals surface area contributed by atoms with Crippen molar-refractivity contribution in [3.05, 3.63) is 71.7 Å². The second-order valence-electron chi connectivity index (χ2n) is 6.69. The smallest absolute Gasteiger partial charge is 0.355 e. The predicted octanol–water partition coefficient (Wildman–Crippen LogP) is 3.66. The van der Waals surface area contributed by atoms with Gasteiger partial charge in [0.1, 0.15) is 11.5 Å². The Morgan fingerprint density at radius 1 is 1.11 bits per heavy atom. The molecular formula is C21H19FN2O3. The van der Waals surface area contributed by atoms with Gasteiger partial charge in [-0.25, -0.2) is 9.18 Å². The predicted molar refractivity (Wildman–Crippen MR) is 98.6 cm³/mol. The Balaban J connectivity index is 1.40. The molecule has 3 aromatic rings. The van der Waals surface area contributed by atoms with E-state index in [2.05, 4.69) is 4.98 Å². The van der Waals surface area contributed by atoms with Crippen molar-refractivity contribution in [2.24, 2.45) is 0 Å². The van der Waals surface area contributed by atoms with E-state index in [9.17, 15) is 14.0 Å². The van der Waals surface area contributed by atoms with E-state index in [1.54, 1.807) is 29.2 Å². The fourth-order valence-corrected chi connectivity index (χ4v) is 3.09. The molecule has 0 atom stereocenters. The van der Waals surface area contributed by atoms with Crippen LogP contribution in [0, 0.1) is 5.82 Å². The van der Waals surface area contributed by atoms with Crippen LogP contribution in [0.4, 0.5) is 4.39 Å². The Morgan fingerprint density at radius 3 is 2.59 bits per heavy atom. The number of aromatic nitrogens is 1. The van der Waals surface area contributed by atoms with Crippen LogP contribution in [0.1, 0.15) is 28.9 Å². The van der Waals surface area contributed by atoms with Crippen molar-refractivity contribution in [2.75, 3.05) is 6.61 Å². The van der Waals surface area contributed by atoms with Crippen LogP contribution in [-0.4, -0.2) is 34.4 Å². The minimum absolute atomic E-state index is 0.0869. The van der Waals surface area contributed by atoms with E-state index in [0.29, 0.717) is 11.3 Å². The zero-order valence-electron chi connectivity index (χ0n) is 14.7. The number of halogens is 1. The molecule has 0 unspecified atom stereocenters. The fourth-order valence-electron chi connectivity index (χ4n) is 3.09. The van der Waals surface area contributed by atoms with Crippen molar-refractivity contribution >= 4 is 22.8 Å². The number of carbonyl (C=O) groups is 2. The van der Waals surface area contributed by atoms with Gasteiger partial charge in [0.2, 0.25) is 0 Å². The number of nitrogens with one attached hydrogen (secondary N) is 1. The molecule has 1 aliphatic carbocycles. The zero-order valence-corrected chi connectivity index (χ0v) is 14.7. The molecular weight excluding hydrogens is 347 g/mol. The summed E-state index contributed by atoms with van der Waals surface area (Å²) in [5.41, 5.74) is 1.59. The number of ether oxygens (including phenoxy) is 1. The third kappa shape index (κ3) is 3.84. The van der Waals surface area contributed by atoms with Crippen LogP contribution in [0.2, 0.25) is 0 Å². The Labute approximate surface area is 155 Å². The second-order valence-corrected chi connectivity index (χ2v) is 6.69. The quantitative estimate of drug-likeness (QED) is 0.678. The Kier molecular flexibility index (Phi) is 4.62. The van der Waals surface area contributed by atoms with Crippen molar-refractivity contribution in [3.8, 4) is 0 Å². The highest BCUT2D eigenvalue weighted by atomic mass is 19.1. The summed E-state index contributed by atoms with van der Waals surface area (Å²) < 4.78 is 19.1. The number of amides is 1. The first-order chi connectivity index (χ1) is 13.1. The first-order valence-corrected chi connectivity index (χ1v) is 8.89. The lowest BCUT2D eigenvalue weighted by Crippen LogP contribution is -2.36. The number of aromatic amines is 1. The van der Waals surface area contributed by atoms with E-state index >= 15 is 0 Å². The second kappa shape index (κ2) is 7.23. The molecule has 6 heteroatoms. The Bertz CT molecular complexity index is 961. The maximum absolute atomic E-state index is 13.9. The minimum Gasteiger partial charge on any atom is -0.451 e. The molecule has 1 heterocycles. The lowest BCUT2D eigenvalue weighted by molar-refractivity contribution is -0.135. The molecule has 2 aromatic carbocycles. The number of carbonyl (C=O) groups excluding carboxylic acids is 2. The number of fused-ring (bicyclic) bond motifs is 1. The van der Waals surface area contributed by atoms with Crippen LogP contribution in [0.15, 0.2) is 54.6 Å². The topological polar surface area (TPSA) is 62.4 Å². The first-order valence-electron chi connectivity index (χ1n) is 8.89. The van der Waals surface area contributed by atoms with E-state index in [0.717, 1.165) is 23.7 Å². The standard InChI is InChI=1S/C21H19FN2O3/c22-17-7-3-1-6-15(17)12-24(16-9-10-16)20(25)13-27-21(26)19-11-14-5-2-4-8-18(14)23-19/h1-8,11,16,23H,9-10,12-13H2. The van der Waals surface area contributed by atoms with Crippen LogP contribution in [0.25, 0.3) is 10.9 Å². The lowest BCUT2D eigenvalue weighted by atomic mass is 10.2. The molecule has 1 fully saturated rings. The van der Waals surface area contributed by atoms with Crippen molar-refractivity contribution in [1.29, 1.82) is 0 Å². The summed E-state index contributed by atoms with van der Waals surface area (Å²) in [5, 5.41) is 0.898. The summed E-state index contributed by atoms with van der Waals surface area (Å²) in [4.78, 5) is 29.4. The summed E-state index contributed by atoms with van der Waals surface area (Å²) in [6, 6.07) is 15.7. The molecule has 27 heavy (non-hydrogen) atoms. The van der Waals surface area contributed by atoms with Gasteiger partial charge in [-0.3, -0.25) is 4.79 Å². The summed E-state index contributed by atoms with van der Waals surface area (Å²) in [7, 11) is 0. The van der Waals surface area contributed by atoms with Gasteiger partial charge in [-0.2, -0.15) is 0 Å². The highest BCUT2D eigenvalue weighted by molar-refractivity contribution is 5.95. The molecule has 1 aliphatic rings. The van der Waals surface area contributed by atoms with Gasteiger partial charge >= 0.3 is 5.97 Å². The summed E-state index contributed by atoms with van der Waals surface area (Å²) in [6.07, 6.45) is 1.77. The fraction of sp³-hybridized carbons (Fsp3) is 0.238. The summed E-state index contributed by atoms with van der Waals surface area (Å²) >= 11 is 0. The average molecular weight is 366 g/mol. The van der Waals surface area contributed by atoms with Gasteiger partial charge in [-0.05, 0) is 31.0 Å². The number of H-pyrrole nitrogens is 1. The van der Waals surface area contributed by atoms with Gasteiger partial charge in [-0.15, -0.1) is 0 Å². The van der Waals surface area contributed by atoms with E-state index in [1.165, 1.54) is 6.07 Å². The van der Waals surface area contributed by atoms with E-state index < -0.39 is 5.97 Å². The SMILES string of the molecule is O=C(OCC(=O)N(Cc1ccccc1F)C1CC1)c1cc2ccccc2[nH]1. The third-order valence-corrected chi connectivity index (χ3v) is 4.68. The van der Waals surface area contributed by atoms with Gasteiger partial charge in [0.05, 0.1) is 0 Å². The molecule has 0 saturated heterocycles. The zero-order chi connectivity index (χ0) is 18.8. The van der Waals surface area contributed by atoms with E-state index in [1.807, 2.05) is 24.3 Å². The van der Waals surface area contributed by atoms with Crippen molar-refractivity contribution in [2.45, 2.75) is 25.4 Å². The maximum Gasteiger partial charge on any atom is 0.355 e. The molecule has 1 N–H and O–H groups in total. The Morgan fingerprint density at radius 2 is 1.85 bits per heavy atom. The van der Waals surface area contributed by atoms with Crippen LogP contribution in [0.3, 0.4) is 0 Å². The molecule has 1 amide bonds. The molecule has 1 saturated carbocycles. The van der Waals surface area contributed by atoms with Gasteiger partial charge in [0.25, 0.3) is 5.91 Å². The number of nitrogens with zero attached hydrogens (tertiary/aromatic N) is 1. The van der Waals surface area contributed by atoms with Gasteiger partial charge in [0, 0.05) is 29.1 Å². The number of esters is 1. The van der Waals surface area contributed by atoms with Gasteiger partial charge in [-0.1, -0.05) is 36.4 Å². The molecule has 0 spiro atoms. The largest absolute Gasteiger partial charge is 0.451 e. The monoisotopic (exact) mass is 366 g/mol. The molecule has 5 nitrogen and oxygen atoms in total. The molecule has 0 radical (unpaired) electrons. The van der Waals surface area contributed by atoms with Crippen LogP contribution in [-0.2, 0) is 16.1 Å². The number of hydrogen-bond acceptors (Lipinski definition) is 3. The van der Waals surface area contributed by atoms with Crippen LogP contribution < -0.4 is 0 Å². The van der Waals surface area contributed by atoms with E-state index in [-0.39, 0.29) is 30.9 Å². The van der Waals surface area contributed by atoms with Crippen molar-refractivity contribution in [1.82, 2.24) is 9.88 Å². The van der Waals surface area contributed by atoms with Crippen LogP contribution >= 0.6 is 0 Å². The lowest BCUT2D eigenvalue weighted by Gasteiger charge is -2.22. The van der Waals surface area contributed by atoms with Crippen molar-refractivity contribution in [3.63, 3.8) is 0 Å². The maximum atomic E-state index is 13.9. The van der Waals surface area contributed by atoms with Gasteiger partial charge in [0.15, 0.2) is 6.61 Å². The number of hydrogen-bond donors (Lipinski definition) is 1. The van der Waals surface area contributed by atoms with E-state index in [4.69, 9.17) is 4.74 Å². The normalized spacial score (nSPS) is 13.5. The minimum atomic E-state index is -0.582.